The van der Waals surface area contributed by atoms with Crippen LogP contribution in [0.2, 0.25) is 0 Å². The van der Waals surface area contributed by atoms with Crippen LogP contribution in [0.25, 0.3) is 0 Å². The largest absolute Gasteiger partial charge is 0.299 e. The maximum Gasteiger partial charge on any atom is 0.297 e. The molecule has 0 saturated heterocycles. The fourth-order valence-corrected chi connectivity index (χ4v) is 3.40. The number of benzene rings is 1. The Hall–Kier alpha value is -1.20. The van der Waals surface area contributed by atoms with E-state index in [0.29, 0.717) is 12.8 Å². The molecule has 1 atom stereocenters. The van der Waals surface area contributed by atoms with Crippen LogP contribution in [0.15, 0.2) is 29.2 Å². The molecule has 4 nitrogen and oxygen atoms in total. The predicted molar refractivity (Wildman–Crippen MR) is 75.9 cm³/mol. The molecule has 0 radical (unpaired) electrons. The summed E-state index contributed by atoms with van der Waals surface area (Å²) in [6.45, 7) is 3.61. The summed E-state index contributed by atoms with van der Waals surface area (Å²) in [7, 11) is -3.79. The number of aryl methyl sites for hydroxylation is 1. The van der Waals surface area contributed by atoms with Gasteiger partial charge in [-0.25, -0.2) is 0 Å². The topological polar surface area (TPSA) is 60.4 Å². The van der Waals surface area contributed by atoms with Gasteiger partial charge >= 0.3 is 0 Å². The van der Waals surface area contributed by atoms with E-state index in [2.05, 4.69) is 0 Å². The van der Waals surface area contributed by atoms with Crippen molar-refractivity contribution in [1.82, 2.24) is 0 Å². The summed E-state index contributed by atoms with van der Waals surface area (Å²) in [6, 6.07) is 6.50. The number of hydrogen-bond acceptors (Lipinski definition) is 4. The van der Waals surface area contributed by atoms with Crippen molar-refractivity contribution >= 4 is 15.9 Å². The van der Waals surface area contributed by atoms with Gasteiger partial charge < -0.3 is 0 Å². The Kier molecular flexibility index (Phi) is 4.30. The Balaban J connectivity index is 2.09. The highest BCUT2D eigenvalue weighted by molar-refractivity contribution is 7.86. The van der Waals surface area contributed by atoms with Crippen LogP contribution in [0, 0.1) is 12.3 Å². The van der Waals surface area contributed by atoms with Gasteiger partial charge in [0, 0.05) is 6.42 Å². The lowest BCUT2D eigenvalue weighted by Gasteiger charge is -2.31. The third kappa shape index (κ3) is 3.27. The summed E-state index contributed by atoms with van der Waals surface area (Å²) in [5.74, 6) is 0.0999. The number of carbonyl (C=O) groups is 1. The molecule has 0 heterocycles. The molecule has 2 rings (SSSR count). The molecule has 0 N–H and O–H groups in total. The van der Waals surface area contributed by atoms with Gasteiger partial charge in [0.25, 0.3) is 10.1 Å². The Labute approximate surface area is 120 Å². The van der Waals surface area contributed by atoms with Crippen LogP contribution in [0.3, 0.4) is 0 Å². The van der Waals surface area contributed by atoms with Gasteiger partial charge in [0.05, 0.1) is 16.9 Å². The Morgan fingerprint density at radius 1 is 1.20 bits per heavy atom. The molecule has 0 aliphatic heterocycles. The molecule has 110 valence electrons. The van der Waals surface area contributed by atoms with Gasteiger partial charge in [0.1, 0.15) is 5.78 Å². The van der Waals surface area contributed by atoms with Gasteiger partial charge in [0.15, 0.2) is 0 Å². The van der Waals surface area contributed by atoms with E-state index < -0.39 is 15.5 Å². The van der Waals surface area contributed by atoms with E-state index in [1.807, 2.05) is 6.92 Å². The summed E-state index contributed by atoms with van der Waals surface area (Å²) in [5.41, 5.74) is 0.314. The fourth-order valence-electron chi connectivity index (χ4n) is 2.38. The molecule has 1 aliphatic rings. The first-order valence-corrected chi connectivity index (χ1v) is 8.24. The van der Waals surface area contributed by atoms with Gasteiger partial charge in [-0.1, -0.05) is 31.0 Å². The number of rotatable bonds is 4. The molecule has 1 aromatic rings. The van der Waals surface area contributed by atoms with Crippen LogP contribution in [0.4, 0.5) is 0 Å². The second kappa shape index (κ2) is 5.66. The highest BCUT2D eigenvalue weighted by atomic mass is 32.2. The van der Waals surface area contributed by atoms with Gasteiger partial charge in [-0.05, 0) is 31.9 Å². The normalized spacial score (nSPS) is 23.8. The standard InChI is InChI=1S/C15H20O4S/c1-12-6-8-13(9-7-12)20(17,18)19-11-15(2)10-4-3-5-14(15)16/h6-9H,3-5,10-11H2,1-2H3/t15-/m1/s1. The molecular formula is C15H20O4S. The van der Waals surface area contributed by atoms with Gasteiger partial charge in [0.2, 0.25) is 0 Å². The zero-order valence-corrected chi connectivity index (χ0v) is 12.7. The first-order valence-electron chi connectivity index (χ1n) is 6.83. The zero-order chi connectivity index (χ0) is 14.8. The second-order valence-electron chi connectivity index (χ2n) is 5.72. The molecule has 1 saturated carbocycles. The van der Waals surface area contributed by atoms with Crippen LogP contribution in [-0.2, 0) is 19.1 Å². The van der Waals surface area contributed by atoms with E-state index in [-0.39, 0.29) is 17.3 Å². The molecule has 0 spiro atoms. The molecule has 0 aromatic heterocycles. The van der Waals surface area contributed by atoms with E-state index in [9.17, 15) is 13.2 Å². The van der Waals surface area contributed by atoms with Crippen LogP contribution < -0.4 is 0 Å². The molecule has 1 aliphatic carbocycles. The van der Waals surface area contributed by atoms with Crippen molar-refractivity contribution in [3.8, 4) is 0 Å². The summed E-state index contributed by atoms with van der Waals surface area (Å²) in [6.07, 6.45) is 3.04. The quantitative estimate of drug-likeness (QED) is 0.802. The molecule has 20 heavy (non-hydrogen) atoms. The van der Waals surface area contributed by atoms with E-state index in [1.54, 1.807) is 19.1 Å². The van der Waals surface area contributed by atoms with Gasteiger partial charge in [-0.15, -0.1) is 0 Å². The van der Waals surface area contributed by atoms with Crippen molar-refractivity contribution in [2.75, 3.05) is 6.61 Å². The van der Waals surface area contributed by atoms with Crippen molar-refractivity contribution in [1.29, 1.82) is 0 Å². The van der Waals surface area contributed by atoms with Crippen LogP contribution in [0.1, 0.15) is 38.2 Å². The lowest BCUT2D eigenvalue weighted by Crippen LogP contribution is -2.36. The minimum atomic E-state index is -3.79. The SMILES string of the molecule is Cc1ccc(S(=O)(=O)OC[C@@]2(C)CCCCC2=O)cc1. The average molecular weight is 296 g/mol. The first-order chi connectivity index (χ1) is 9.33. The zero-order valence-electron chi connectivity index (χ0n) is 11.9. The van der Waals surface area contributed by atoms with Crippen LogP contribution in [0.5, 0.6) is 0 Å². The smallest absolute Gasteiger partial charge is 0.297 e. The Bertz CT molecular complexity index is 589. The summed E-state index contributed by atoms with van der Waals surface area (Å²) in [5, 5.41) is 0. The van der Waals surface area contributed by atoms with Crippen LogP contribution in [-0.4, -0.2) is 20.8 Å². The van der Waals surface area contributed by atoms with E-state index >= 15 is 0 Å². The number of hydrogen-bond donors (Lipinski definition) is 0. The molecule has 5 heteroatoms. The molecule has 0 unspecified atom stereocenters. The third-order valence-corrected chi connectivity index (χ3v) is 5.18. The highest BCUT2D eigenvalue weighted by Crippen LogP contribution is 2.33. The fraction of sp³-hybridized carbons (Fsp3) is 0.533. The third-order valence-electron chi connectivity index (χ3n) is 3.90. The van der Waals surface area contributed by atoms with E-state index in [0.717, 1.165) is 18.4 Å². The van der Waals surface area contributed by atoms with E-state index in [1.165, 1.54) is 12.1 Å². The lowest BCUT2D eigenvalue weighted by atomic mass is 9.75. The van der Waals surface area contributed by atoms with Crippen molar-refractivity contribution in [3.05, 3.63) is 29.8 Å². The molecular weight excluding hydrogens is 276 g/mol. The Morgan fingerprint density at radius 2 is 1.85 bits per heavy atom. The highest BCUT2D eigenvalue weighted by Gasteiger charge is 2.37. The molecule has 1 fully saturated rings. The monoisotopic (exact) mass is 296 g/mol. The van der Waals surface area contributed by atoms with E-state index in [4.69, 9.17) is 4.18 Å². The van der Waals surface area contributed by atoms with Gasteiger partial charge in [-0.3, -0.25) is 8.98 Å². The maximum atomic E-state index is 12.1. The number of Topliss-reactive ketones (excluding diaryl/α,β-unsaturated/α-hetero) is 1. The molecule has 0 amide bonds. The lowest BCUT2D eigenvalue weighted by molar-refractivity contribution is -0.132. The number of ketones is 1. The van der Waals surface area contributed by atoms with Crippen molar-refractivity contribution in [3.63, 3.8) is 0 Å². The first kappa shape index (κ1) is 15.2. The summed E-state index contributed by atoms with van der Waals surface area (Å²) >= 11 is 0. The van der Waals surface area contributed by atoms with Crippen LogP contribution >= 0.6 is 0 Å². The molecule has 1 aromatic carbocycles. The van der Waals surface area contributed by atoms with Crippen molar-refractivity contribution < 1.29 is 17.4 Å². The second-order valence-corrected chi connectivity index (χ2v) is 7.34. The van der Waals surface area contributed by atoms with Crippen molar-refractivity contribution in [2.45, 2.75) is 44.4 Å². The molecule has 0 bridgehead atoms. The number of carbonyl (C=O) groups excluding carboxylic acids is 1. The van der Waals surface area contributed by atoms with Crippen molar-refractivity contribution in [2.24, 2.45) is 5.41 Å². The Morgan fingerprint density at radius 3 is 2.45 bits per heavy atom. The predicted octanol–water partition coefficient (Wildman–Crippen LogP) is 2.85. The summed E-state index contributed by atoms with van der Waals surface area (Å²) in [4.78, 5) is 12.1. The minimum Gasteiger partial charge on any atom is -0.299 e. The van der Waals surface area contributed by atoms with Gasteiger partial charge in [-0.2, -0.15) is 8.42 Å². The average Bonchev–Trinajstić information content (AvgIpc) is 2.41. The minimum absolute atomic E-state index is 0.0674. The maximum absolute atomic E-state index is 12.1. The summed E-state index contributed by atoms with van der Waals surface area (Å²) < 4.78 is 29.3.